The summed E-state index contributed by atoms with van der Waals surface area (Å²) < 4.78 is 5.57. The molecule has 2 nitrogen and oxygen atoms in total. The third kappa shape index (κ3) is 8.52. The molecule has 1 unspecified atom stereocenters. The van der Waals surface area contributed by atoms with Crippen LogP contribution in [-0.4, -0.2) is 26.3 Å². The van der Waals surface area contributed by atoms with Crippen molar-refractivity contribution in [2.75, 3.05) is 20.2 Å². The van der Waals surface area contributed by atoms with Gasteiger partial charge in [-0.15, -0.1) is 0 Å². The summed E-state index contributed by atoms with van der Waals surface area (Å²) in [5.41, 5.74) is 0. The number of ether oxygens (including phenoxy) is 1. The molecule has 0 aliphatic rings. The van der Waals surface area contributed by atoms with Crippen molar-refractivity contribution in [3.63, 3.8) is 0 Å². The molecule has 0 aliphatic heterocycles. The number of hydrogen-bond donors (Lipinski definition) is 1. The van der Waals surface area contributed by atoms with E-state index in [-0.39, 0.29) is 0 Å². The highest BCUT2D eigenvalue weighted by atomic mass is 16.5. The van der Waals surface area contributed by atoms with Crippen molar-refractivity contribution < 1.29 is 4.74 Å². The van der Waals surface area contributed by atoms with Crippen LogP contribution in [0.1, 0.15) is 40.5 Å². The van der Waals surface area contributed by atoms with E-state index in [1.165, 1.54) is 12.8 Å². The van der Waals surface area contributed by atoms with Crippen LogP contribution in [0.3, 0.4) is 0 Å². The van der Waals surface area contributed by atoms with Crippen LogP contribution in [0.5, 0.6) is 0 Å². The Morgan fingerprint density at radius 3 is 2.21 bits per heavy atom. The smallest absolute Gasteiger partial charge is 0.0518 e. The fraction of sp³-hybridized carbons (Fsp3) is 1.00. The zero-order chi connectivity index (χ0) is 11.0. The summed E-state index contributed by atoms with van der Waals surface area (Å²) in [4.78, 5) is 0. The average Bonchev–Trinajstić information content (AvgIpc) is 2.02. The largest absolute Gasteiger partial charge is 0.379 e. The minimum atomic E-state index is 0.365. The molecule has 0 saturated carbocycles. The summed E-state index contributed by atoms with van der Waals surface area (Å²) in [6, 6.07) is 0. The highest BCUT2D eigenvalue weighted by Gasteiger charge is 2.10. The molecule has 14 heavy (non-hydrogen) atoms. The van der Waals surface area contributed by atoms with Crippen molar-refractivity contribution in [1.29, 1.82) is 0 Å². The lowest BCUT2D eigenvalue weighted by atomic mass is 9.94. The molecular formula is C12H27NO. The molecule has 1 N–H and O–H groups in total. The average molecular weight is 201 g/mol. The molecule has 0 spiro atoms. The Kier molecular flexibility index (Phi) is 8.20. The zero-order valence-electron chi connectivity index (χ0n) is 10.5. The fourth-order valence-electron chi connectivity index (χ4n) is 1.73. The van der Waals surface area contributed by atoms with Gasteiger partial charge in [0.05, 0.1) is 6.10 Å². The predicted octanol–water partition coefficient (Wildman–Crippen LogP) is 2.68. The monoisotopic (exact) mass is 201 g/mol. The van der Waals surface area contributed by atoms with E-state index in [1.807, 2.05) is 7.05 Å². The molecule has 0 aromatic heterocycles. The van der Waals surface area contributed by atoms with E-state index in [4.69, 9.17) is 4.74 Å². The van der Waals surface area contributed by atoms with Crippen LogP contribution in [0.15, 0.2) is 0 Å². The molecule has 0 aromatic carbocycles. The Balaban J connectivity index is 3.61. The van der Waals surface area contributed by atoms with Crippen molar-refractivity contribution in [1.82, 2.24) is 5.32 Å². The molecule has 2 heteroatoms. The Bertz CT molecular complexity index is 123. The van der Waals surface area contributed by atoms with E-state index in [2.05, 4.69) is 33.0 Å². The van der Waals surface area contributed by atoms with Crippen molar-refractivity contribution >= 4 is 0 Å². The van der Waals surface area contributed by atoms with Crippen LogP contribution >= 0.6 is 0 Å². The first-order valence-corrected chi connectivity index (χ1v) is 5.82. The lowest BCUT2D eigenvalue weighted by molar-refractivity contribution is 0.0666. The molecule has 0 bridgehead atoms. The van der Waals surface area contributed by atoms with Gasteiger partial charge in [0.25, 0.3) is 0 Å². The van der Waals surface area contributed by atoms with Crippen molar-refractivity contribution in [3.8, 4) is 0 Å². The maximum absolute atomic E-state index is 5.57. The molecule has 0 heterocycles. The van der Waals surface area contributed by atoms with Gasteiger partial charge in [-0.3, -0.25) is 0 Å². The van der Waals surface area contributed by atoms with Crippen LogP contribution in [0, 0.1) is 11.8 Å². The van der Waals surface area contributed by atoms with Crippen LogP contribution in [0.2, 0.25) is 0 Å². The Labute approximate surface area is 89.4 Å². The first-order valence-electron chi connectivity index (χ1n) is 5.82. The first kappa shape index (κ1) is 13.9. The maximum Gasteiger partial charge on any atom is 0.0518 e. The van der Waals surface area contributed by atoms with Gasteiger partial charge in [0.15, 0.2) is 0 Å². The second kappa shape index (κ2) is 8.25. The van der Waals surface area contributed by atoms with E-state index in [9.17, 15) is 0 Å². The van der Waals surface area contributed by atoms with Crippen LogP contribution < -0.4 is 5.32 Å². The second-order valence-corrected chi connectivity index (χ2v) is 4.76. The molecule has 0 rings (SSSR count). The lowest BCUT2D eigenvalue weighted by Crippen LogP contribution is -2.22. The Hall–Kier alpha value is -0.0800. The van der Waals surface area contributed by atoms with Gasteiger partial charge in [0.2, 0.25) is 0 Å². The van der Waals surface area contributed by atoms with Gasteiger partial charge in [-0.1, -0.05) is 13.8 Å². The molecule has 0 radical (unpaired) electrons. The van der Waals surface area contributed by atoms with Gasteiger partial charge >= 0.3 is 0 Å². The zero-order valence-corrected chi connectivity index (χ0v) is 10.5. The predicted molar refractivity (Wildman–Crippen MR) is 62.6 cm³/mol. The van der Waals surface area contributed by atoms with Crippen molar-refractivity contribution in [2.45, 2.75) is 46.6 Å². The van der Waals surface area contributed by atoms with Crippen LogP contribution in [0.25, 0.3) is 0 Å². The number of rotatable bonds is 8. The van der Waals surface area contributed by atoms with E-state index < -0.39 is 0 Å². The van der Waals surface area contributed by atoms with Gasteiger partial charge in [0, 0.05) is 6.61 Å². The Morgan fingerprint density at radius 1 is 1.14 bits per heavy atom. The van der Waals surface area contributed by atoms with Gasteiger partial charge < -0.3 is 10.1 Å². The van der Waals surface area contributed by atoms with Crippen molar-refractivity contribution in [3.05, 3.63) is 0 Å². The summed E-state index contributed by atoms with van der Waals surface area (Å²) in [6.45, 7) is 10.8. The minimum absolute atomic E-state index is 0.365. The molecule has 0 fully saturated rings. The molecule has 0 aliphatic carbocycles. The summed E-state index contributed by atoms with van der Waals surface area (Å²) in [7, 11) is 2.02. The third-order valence-electron chi connectivity index (χ3n) is 2.27. The van der Waals surface area contributed by atoms with Gasteiger partial charge in [0.1, 0.15) is 0 Å². The lowest BCUT2D eigenvalue weighted by Gasteiger charge is -2.19. The molecule has 0 saturated heterocycles. The van der Waals surface area contributed by atoms with Gasteiger partial charge in [-0.05, 0) is 52.1 Å². The molecular weight excluding hydrogens is 174 g/mol. The topological polar surface area (TPSA) is 21.3 Å². The minimum Gasteiger partial charge on any atom is -0.379 e. The fourth-order valence-corrected chi connectivity index (χ4v) is 1.73. The quantitative estimate of drug-likeness (QED) is 0.652. The maximum atomic E-state index is 5.57. The highest BCUT2D eigenvalue weighted by molar-refractivity contribution is 4.63. The first-order chi connectivity index (χ1) is 6.56. The second-order valence-electron chi connectivity index (χ2n) is 4.76. The molecule has 0 amide bonds. The SMILES string of the molecule is CNCC(CCOC(C)C)CC(C)C. The van der Waals surface area contributed by atoms with Crippen LogP contribution in [0.4, 0.5) is 0 Å². The van der Waals surface area contributed by atoms with Crippen molar-refractivity contribution in [2.24, 2.45) is 11.8 Å². The van der Waals surface area contributed by atoms with E-state index in [1.54, 1.807) is 0 Å². The van der Waals surface area contributed by atoms with Crippen LogP contribution in [-0.2, 0) is 4.74 Å². The van der Waals surface area contributed by atoms with Gasteiger partial charge in [-0.25, -0.2) is 0 Å². The molecule has 1 atom stereocenters. The highest BCUT2D eigenvalue weighted by Crippen LogP contribution is 2.14. The summed E-state index contributed by atoms with van der Waals surface area (Å²) in [6.07, 6.45) is 2.84. The molecule has 86 valence electrons. The Morgan fingerprint density at radius 2 is 1.79 bits per heavy atom. The van der Waals surface area contributed by atoms with E-state index in [0.717, 1.165) is 25.0 Å². The third-order valence-corrected chi connectivity index (χ3v) is 2.27. The molecule has 0 aromatic rings. The van der Waals surface area contributed by atoms with E-state index >= 15 is 0 Å². The number of nitrogens with one attached hydrogen (secondary N) is 1. The summed E-state index contributed by atoms with van der Waals surface area (Å²) in [5, 5.41) is 3.26. The summed E-state index contributed by atoms with van der Waals surface area (Å²) >= 11 is 0. The normalized spacial score (nSPS) is 13.9. The standard InChI is InChI=1S/C12H27NO/c1-10(2)8-12(9-13-5)6-7-14-11(3)4/h10-13H,6-9H2,1-5H3. The van der Waals surface area contributed by atoms with Gasteiger partial charge in [-0.2, -0.15) is 0 Å². The summed E-state index contributed by atoms with van der Waals surface area (Å²) in [5.74, 6) is 1.55. The number of hydrogen-bond acceptors (Lipinski definition) is 2. The van der Waals surface area contributed by atoms with E-state index in [0.29, 0.717) is 6.10 Å².